The van der Waals surface area contributed by atoms with E-state index in [-0.39, 0.29) is 19.0 Å². The summed E-state index contributed by atoms with van der Waals surface area (Å²) in [4.78, 5) is 27.8. The van der Waals surface area contributed by atoms with Crippen molar-refractivity contribution in [2.24, 2.45) is 0 Å². The maximum atomic E-state index is 13.5. The highest BCUT2D eigenvalue weighted by Crippen LogP contribution is 2.22. The first-order chi connectivity index (χ1) is 15.5. The standard InChI is InChI=1S/C25H35N3O4S/c1-7-23(25(30)26-8-2)27(16-21-12-9-18(3)10-13-21)24(29)17-28(33(6,31)32)22-14-11-19(4)20(5)15-22/h9-15,23H,7-8,16-17H2,1-6H3,(H,26,30)/t23-/m0/s1. The quantitative estimate of drug-likeness (QED) is 0.574. The molecule has 8 heteroatoms. The van der Waals surface area contributed by atoms with Crippen molar-refractivity contribution in [1.29, 1.82) is 0 Å². The molecular formula is C25H35N3O4S. The maximum absolute atomic E-state index is 13.5. The molecule has 0 radical (unpaired) electrons. The fraction of sp³-hybridized carbons (Fsp3) is 0.440. The van der Waals surface area contributed by atoms with Crippen LogP contribution in [0.3, 0.4) is 0 Å². The second-order valence-electron chi connectivity index (χ2n) is 8.36. The van der Waals surface area contributed by atoms with E-state index < -0.39 is 22.0 Å². The van der Waals surface area contributed by atoms with E-state index >= 15 is 0 Å². The Kier molecular flexibility index (Phi) is 9.05. The topological polar surface area (TPSA) is 86.8 Å². The second kappa shape index (κ2) is 11.3. The van der Waals surface area contributed by atoms with Gasteiger partial charge in [-0.25, -0.2) is 8.42 Å². The van der Waals surface area contributed by atoms with Crippen molar-refractivity contribution in [2.75, 3.05) is 23.7 Å². The third kappa shape index (κ3) is 7.05. The van der Waals surface area contributed by atoms with E-state index in [1.807, 2.05) is 65.0 Å². The van der Waals surface area contributed by atoms with Crippen LogP contribution in [0.1, 0.15) is 42.5 Å². The molecule has 0 aliphatic heterocycles. The zero-order valence-corrected chi connectivity index (χ0v) is 21.2. The van der Waals surface area contributed by atoms with Crippen molar-refractivity contribution < 1.29 is 18.0 Å². The van der Waals surface area contributed by atoms with Crippen LogP contribution in [0.5, 0.6) is 0 Å². The van der Waals surface area contributed by atoms with Gasteiger partial charge in [0.25, 0.3) is 0 Å². The Morgan fingerprint density at radius 2 is 1.61 bits per heavy atom. The Bertz CT molecular complexity index is 1080. The number of carbonyl (C=O) groups is 2. The zero-order chi connectivity index (χ0) is 24.8. The first-order valence-electron chi connectivity index (χ1n) is 11.2. The first-order valence-corrected chi connectivity index (χ1v) is 13.0. The fourth-order valence-corrected chi connectivity index (χ4v) is 4.44. The van der Waals surface area contributed by atoms with Crippen LogP contribution >= 0.6 is 0 Å². The number of nitrogens with zero attached hydrogens (tertiary/aromatic N) is 2. The summed E-state index contributed by atoms with van der Waals surface area (Å²) in [5.74, 6) is -0.685. The van der Waals surface area contributed by atoms with Crippen molar-refractivity contribution in [3.8, 4) is 0 Å². The number of benzene rings is 2. The molecule has 33 heavy (non-hydrogen) atoms. The van der Waals surface area contributed by atoms with Crippen molar-refractivity contribution in [3.05, 3.63) is 64.7 Å². The van der Waals surface area contributed by atoms with Crippen LogP contribution in [0.2, 0.25) is 0 Å². The molecule has 2 amide bonds. The van der Waals surface area contributed by atoms with Crippen molar-refractivity contribution >= 4 is 27.5 Å². The minimum atomic E-state index is -3.73. The summed E-state index contributed by atoms with van der Waals surface area (Å²) in [6.07, 6.45) is 1.49. The number of rotatable bonds is 10. The normalized spacial score (nSPS) is 12.2. The van der Waals surface area contributed by atoms with Gasteiger partial charge in [-0.1, -0.05) is 42.8 Å². The average molecular weight is 474 g/mol. The van der Waals surface area contributed by atoms with Crippen LogP contribution in [0.4, 0.5) is 5.69 Å². The van der Waals surface area contributed by atoms with Crippen LogP contribution in [0.15, 0.2) is 42.5 Å². The van der Waals surface area contributed by atoms with Gasteiger partial charge < -0.3 is 10.2 Å². The number of nitrogens with one attached hydrogen (secondary N) is 1. The molecule has 0 aliphatic rings. The third-order valence-electron chi connectivity index (χ3n) is 5.67. The van der Waals surface area contributed by atoms with Crippen LogP contribution in [0.25, 0.3) is 0 Å². The number of hydrogen-bond acceptors (Lipinski definition) is 4. The smallest absolute Gasteiger partial charge is 0.244 e. The van der Waals surface area contributed by atoms with Gasteiger partial charge in [0.2, 0.25) is 21.8 Å². The van der Waals surface area contributed by atoms with E-state index in [0.29, 0.717) is 18.7 Å². The Hall–Kier alpha value is -2.87. The zero-order valence-electron chi connectivity index (χ0n) is 20.4. The van der Waals surface area contributed by atoms with Gasteiger partial charge in [-0.3, -0.25) is 13.9 Å². The van der Waals surface area contributed by atoms with E-state index in [1.165, 1.54) is 4.90 Å². The lowest BCUT2D eigenvalue weighted by Gasteiger charge is -2.33. The average Bonchev–Trinajstić information content (AvgIpc) is 2.74. The van der Waals surface area contributed by atoms with Gasteiger partial charge in [0.1, 0.15) is 12.6 Å². The monoisotopic (exact) mass is 473 g/mol. The van der Waals surface area contributed by atoms with Gasteiger partial charge in [-0.2, -0.15) is 0 Å². The highest BCUT2D eigenvalue weighted by molar-refractivity contribution is 7.92. The molecule has 0 bridgehead atoms. The molecule has 1 atom stereocenters. The highest BCUT2D eigenvalue weighted by atomic mass is 32.2. The van der Waals surface area contributed by atoms with Crippen LogP contribution in [-0.2, 0) is 26.2 Å². The molecule has 2 rings (SSSR count). The van der Waals surface area contributed by atoms with Gasteiger partial charge in [-0.15, -0.1) is 0 Å². The summed E-state index contributed by atoms with van der Waals surface area (Å²) in [5.41, 5.74) is 4.34. The summed E-state index contributed by atoms with van der Waals surface area (Å²) in [6, 6.07) is 12.3. The molecule has 0 unspecified atom stereocenters. The number of anilines is 1. The lowest BCUT2D eigenvalue weighted by molar-refractivity contribution is -0.140. The molecule has 2 aromatic rings. The summed E-state index contributed by atoms with van der Waals surface area (Å²) >= 11 is 0. The molecule has 0 saturated carbocycles. The number of carbonyl (C=O) groups excluding carboxylic acids is 2. The molecule has 0 saturated heterocycles. The second-order valence-corrected chi connectivity index (χ2v) is 10.3. The van der Waals surface area contributed by atoms with E-state index in [1.54, 1.807) is 12.1 Å². The van der Waals surface area contributed by atoms with Crippen molar-refractivity contribution in [1.82, 2.24) is 10.2 Å². The van der Waals surface area contributed by atoms with Crippen LogP contribution in [-0.4, -0.2) is 50.5 Å². The van der Waals surface area contributed by atoms with Gasteiger partial charge in [0.05, 0.1) is 11.9 Å². The molecular weight excluding hydrogens is 438 g/mol. The molecule has 0 fully saturated rings. The molecule has 0 heterocycles. The van der Waals surface area contributed by atoms with Crippen molar-refractivity contribution in [3.63, 3.8) is 0 Å². The molecule has 2 aromatic carbocycles. The minimum absolute atomic E-state index is 0.208. The van der Waals surface area contributed by atoms with Crippen LogP contribution < -0.4 is 9.62 Å². The summed E-state index contributed by atoms with van der Waals surface area (Å²) in [6.45, 7) is 9.74. The van der Waals surface area contributed by atoms with Gasteiger partial charge >= 0.3 is 0 Å². The highest BCUT2D eigenvalue weighted by Gasteiger charge is 2.31. The number of sulfonamides is 1. The maximum Gasteiger partial charge on any atom is 0.244 e. The largest absolute Gasteiger partial charge is 0.355 e. The molecule has 1 N–H and O–H groups in total. The summed E-state index contributed by atoms with van der Waals surface area (Å²) < 4.78 is 26.4. The Labute approximate surface area is 197 Å². The summed E-state index contributed by atoms with van der Waals surface area (Å²) in [7, 11) is -3.73. The molecule has 0 aliphatic carbocycles. The Morgan fingerprint density at radius 1 is 0.970 bits per heavy atom. The van der Waals surface area contributed by atoms with Gasteiger partial charge in [0, 0.05) is 13.1 Å². The van der Waals surface area contributed by atoms with Crippen molar-refractivity contribution in [2.45, 2.75) is 53.6 Å². The fourth-order valence-electron chi connectivity index (χ4n) is 3.60. The number of likely N-dealkylation sites (N-methyl/N-ethyl adjacent to an activating group) is 1. The van der Waals surface area contributed by atoms with Gasteiger partial charge in [0.15, 0.2) is 0 Å². The molecule has 180 valence electrons. The minimum Gasteiger partial charge on any atom is -0.355 e. The SMILES string of the molecule is CCNC(=O)[C@H](CC)N(Cc1ccc(C)cc1)C(=O)CN(c1ccc(C)c(C)c1)S(C)(=O)=O. The Morgan fingerprint density at radius 3 is 2.12 bits per heavy atom. The van der Waals surface area contributed by atoms with E-state index in [9.17, 15) is 18.0 Å². The molecule has 0 spiro atoms. The first kappa shape index (κ1) is 26.4. The Balaban J connectivity index is 2.44. The lowest BCUT2D eigenvalue weighted by Crippen LogP contribution is -2.52. The predicted molar refractivity (Wildman–Crippen MR) is 133 cm³/mol. The van der Waals surface area contributed by atoms with E-state index in [2.05, 4.69) is 5.32 Å². The predicted octanol–water partition coefficient (Wildman–Crippen LogP) is 3.32. The molecule has 0 aromatic heterocycles. The lowest BCUT2D eigenvalue weighted by atomic mass is 10.1. The van der Waals surface area contributed by atoms with E-state index in [4.69, 9.17) is 0 Å². The number of aryl methyl sites for hydroxylation is 3. The third-order valence-corrected chi connectivity index (χ3v) is 6.81. The number of amides is 2. The number of hydrogen-bond donors (Lipinski definition) is 1. The van der Waals surface area contributed by atoms with Gasteiger partial charge in [-0.05, 0) is 62.9 Å². The van der Waals surface area contributed by atoms with E-state index in [0.717, 1.165) is 32.8 Å². The summed E-state index contributed by atoms with van der Waals surface area (Å²) in [5, 5.41) is 2.79. The van der Waals surface area contributed by atoms with Crippen LogP contribution in [0, 0.1) is 20.8 Å². The molecule has 7 nitrogen and oxygen atoms in total.